The maximum atomic E-state index is 13.6. The maximum Gasteiger partial charge on any atom is 0.142 e. The molecule has 1 aliphatic rings. The van der Waals surface area contributed by atoms with E-state index in [9.17, 15) is 4.39 Å². The largest absolute Gasteiger partial charge is 0.313 e. The molecule has 0 radical (unpaired) electrons. The van der Waals surface area contributed by atoms with Crippen molar-refractivity contribution in [3.8, 4) is 0 Å². The first-order valence-corrected chi connectivity index (χ1v) is 9.82. The van der Waals surface area contributed by atoms with E-state index in [1.807, 2.05) is 17.8 Å². The molecule has 4 unspecified atom stereocenters. The first kappa shape index (κ1) is 17.5. The van der Waals surface area contributed by atoms with Gasteiger partial charge < -0.3 is 5.32 Å². The molecule has 0 aliphatic carbocycles. The van der Waals surface area contributed by atoms with Crippen molar-refractivity contribution in [2.75, 3.05) is 12.3 Å². The van der Waals surface area contributed by atoms with Gasteiger partial charge in [-0.1, -0.05) is 38.4 Å². The highest BCUT2D eigenvalue weighted by Crippen LogP contribution is 2.37. The minimum absolute atomic E-state index is 0.198. The van der Waals surface area contributed by atoms with Crippen LogP contribution in [0.1, 0.15) is 26.3 Å². The summed E-state index contributed by atoms with van der Waals surface area (Å²) in [5, 5.41) is 5.72. The van der Waals surface area contributed by atoms with E-state index in [1.165, 1.54) is 0 Å². The molecule has 1 nitrogen and oxygen atoms in total. The molecule has 0 amide bonds. The van der Waals surface area contributed by atoms with E-state index in [0.717, 1.165) is 24.3 Å². The lowest BCUT2D eigenvalue weighted by Crippen LogP contribution is -2.44. The van der Waals surface area contributed by atoms with Crippen molar-refractivity contribution < 1.29 is 4.39 Å². The Morgan fingerprint density at radius 2 is 2.14 bits per heavy atom. The van der Waals surface area contributed by atoms with E-state index < -0.39 is 0 Å². The van der Waals surface area contributed by atoms with Crippen LogP contribution in [0.2, 0.25) is 5.02 Å². The predicted molar refractivity (Wildman–Crippen MR) is 95.3 cm³/mol. The van der Waals surface area contributed by atoms with Crippen LogP contribution in [0.3, 0.4) is 0 Å². The second-order valence-electron chi connectivity index (χ2n) is 5.53. The molecule has 1 aromatic rings. The van der Waals surface area contributed by atoms with Crippen molar-refractivity contribution >= 4 is 35.1 Å². The lowest BCUT2D eigenvalue weighted by molar-refractivity contribution is 0.518. The van der Waals surface area contributed by atoms with Crippen molar-refractivity contribution in [1.29, 1.82) is 0 Å². The van der Waals surface area contributed by atoms with Crippen LogP contribution in [0, 0.1) is 5.82 Å². The van der Waals surface area contributed by atoms with Gasteiger partial charge in [-0.25, -0.2) is 4.39 Å². The minimum Gasteiger partial charge on any atom is -0.313 e. The monoisotopic (exact) mass is 347 g/mol. The Bertz CT molecular complexity index is 472. The van der Waals surface area contributed by atoms with Gasteiger partial charge in [-0.2, -0.15) is 23.5 Å². The van der Waals surface area contributed by atoms with Crippen molar-refractivity contribution in [2.24, 2.45) is 0 Å². The average Bonchev–Trinajstić information content (AvgIpc) is 2.45. The van der Waals surface area contributed by atoms with E-state index in [-0.39, 0.29) is 10.8 Å². The molecule has 1 N–H and O–H groups in total. The molecule has 1 aliphatic heterocycles. The molecule has 0 aromatic heterocycles. The molecule has 5 heteroatoms. The fourth-order valence-corrected chi connectivity index (χ4v) is 5.78. The number of likely N-dealkylation sites (N-methyl/N-ethyl adjacent to an activating group) is 1. The molecule has 21 heavy (non-hydrogen) atoms. The van der Waals surface area contributed by atoms with Crippen LogP contribution in [0.25, 0.3) is 0 Å². The zero-order valence-electron chi connectivity index (χ0n) is 12.7. The molecule has 2 rings (SSSR count). The van der Waals surface area contributed by atoms with Crippen molar-refractivity contribution in [3.05, 3.63) is 34.6 Å². The highest BCUT2D eigenvalue weighted by Gasteiger charge is 2.31. The Kier molecular flexibility index (Phi) is 6.73. The van der Waals surface area contributed by atoms with E-state index in [0.29, 0.717) is 21.8 Å². The zero-order chi connectivity index (χ0) is 15.4. The van der Waals surface area contributed by atoms with E-state index in [2.05, 4.69) is 37.8 Å². The van der Waals surface area contributed by atoms with Crippen LogP contribution in [-0.2, 0) is 6.42 Å². The van der Waals surface area contributed by atoms with Crippen molar-refractivity contribution in [1.82, 2.24) is 5.32 Å². The van der Waals surface area contributed by atoms with Gasteiger partial charge in [-0.05, 0) is 30.7 Å². The minimum atomic E-state index is -0.322. The van der Waals surface area contributed by atoms with Crippen LogP contribution < -0.4 is 5.32 Å². The lowest BCUT2D eigenvalue weighted by atomic mass is 10.0. The Hall–Kier alpha value is 0.1000. The highest BCUT2D eigenvalue weighted by atomic mass is 35.5. The van der Waals surface area contributed by atoms with E-state index in [4.69, 9.17) is 11.6 Å². The first-order valence-electron chi connectivity index (χ1n) is 7.45. The molecule has 0 spiro atoms. The van der Waals surface area contributed by atoms with Gasteiger partial charge in [0.2, 0.25) is 0 Å². The summed E-state index contributed by atoms with van der Waals surface area (Å²) in [5.41, 5.74) is 1.01. The third-order valence-corrected chi connectivity index (χ3v) is 7.79. The zero-order valence-corrected chi connectivity index (χ0v) is 15.1. The van der Waals surface area contributed by atoms with Gasteiger partial charge in [-0.3, -0.25) is 0 Å². The number of thioether (sulfide) groups is 2. The number of hydrogen-bond donors (Lipinski definition) is 1. The number of hydrogen-bond acceptors (Lipinski definition) is 3. The molecule has 1 heterocycles. The quantitative estimate of drug-likeness (QED) is 0.834. The van der Waals surface area contributed by atoms with Gasteiger partial charge in [-0.15, -0.1) is 0 Å². The smallest absolute Gasteiger partial charge is 0.142 e. The normalized spacial score (nSPS) is 27.6. The molecule has 0 bridgehead atoms. The predicted octanol–water partition coefficient (Wildman–Crippen LogP) is 4.63. The average molecular weight is 348 g/mol. The number of nitrogens with one attached hydrogen (secondary N) is 1. The topological polar surface area (TPSA) is 12.0 Å². The Labute approximate surface area is 140 Å². The Balaban J connectivity index is 2.06. The molecule has 0 saturated carbocycles. The summed E-state index contributed by atoms with van der Waals surface area (Å²) in [7, 11) is 0. The lowest BCUT2D eigenvalue weighted by Gasteiger charge is -2.36. The van der Waals surface area contributed by atoms with Gasteiger partial charge >= 0.3 is 0 Å². The van der Waals surface area contributed by atoms with Gasteiger partial charge in [0.1, 0.15) is 5.82 Å². The summed E-state index contributed by atoms with van der Waals surface area (Å²) in [6.45, 7) is 7.67. The molecule has 1 fully saturated rings. The Morgan fingerprint density at radius 1 is 1.38 bits per heavy atom. The first-order chi connectivity index (χ1) is 10.0. The maximum absolute atomic E-state index is 13.6. The summed E-state index contributed by atoms with van der Waals surface area (Å²) in [4.78, 5) is 0. The number of rotatable bonds is 5. The van der Waals surface area contributed by atoms with Crippen LogP contribution in [-0.4, -0.2) is 34.1 Å². The van der Waals surface area contributed by atoms with Crippen LogP contribution in [0.4, 0.5) is 4.39 Å². The van der Waals surface area contributed by atoms with Crippen molar-refractivity contribution in [3.63, 3.8) is 0 Å². The summed E-state index contributed by atoms with van der Waals surface area (Å²) in [6.07, 6.45) is 0.848. The van der Waals surface area contributed by atoms with Gasteiger partial charge in [0.05, 0.1) is 5.02 Å². The molecular weight excluding hydrogens is 325 g/mol. The second kappa shape index (κ2) is 8.09. The van der Waals surface area contributed by atoms with Gasteiger partial charge in [0.15, 0.2) is 0 Å². The third-order valence-electron chi connectivity index (χ3n) is 3.93. The summed E-state index contributed by atoms with van der Waals surface area (Å²) >= 11 is 9.88. The van der Waals surface area contributed by atoms with E-state index in [1.54, 1.807) is 12.1 Å². The van der Waals surface area contributed by atoms with Crippen LogP contribution in [0.5, 0.6) is 0 Å². The molecule has 4 atom stereocenters. The van der Waals surface area contributed by atoms with Gasteiger partial charge in [0.25, 0.3) is 0 Å². The summed E-state index contributed by atoms with van der Waals surface area (Å²) in [5.74, 6) is 0.835. The van der Waals surface area contributed by atoms with Gasteiger partial charge in [0, 0.05) is 27.5 Å². The molecule has 118 valence electrons. The molecule has 1 aromatic carbocycles. The van der Waals surface area contributed by atoms with Crippen molar-refractivity contribution in [2.45, 2.75) is 49.0 Å². The summed E-state index contributed by atoms with van der Waals surface area (Å²) in [6, 6.07) is 5.54. The second-order valence-corrected chi connectivity index (χ2v) is 8.97. The number of halogens is 2. The standard InChI is InChI=1S/C16H23ClFNS2/c1-4-19-15(16-9-20-10(2)11(3)21-16)8-12-5-6-13(17)14(18)7-12/h5-7,10-11,15-16,19H,4,8-9H2,1-3H3. The van der Waals surface area contributed by atoms with Crippen LogP contribution in [0.15, 0.2) is 18.2 Å². The summed E-state index contributed by atoms with van der Waals surface area (Å²) < 4.78 is 13.6. The number of benzene rings is 1. The van der Waals surface area contributed by atoms with Crippen LogP contribution >= 0.6 is 35.1 Å². The molecule has 1 saturated heterocycles. The fraction of sp³-hybridized carbons (Fsp3) is 0.625. The highest BCUT2D eigenvalue weighted by molar-refractivity contribution is 8.07. The van der Waals surface area contributed by atoms with E-state index >= 15 is 0 Å². The SMILES string of the molecule is CCNC(Cc1ccc(Cl)c(F)c1)C1CSC(C)C(C)S1. The fourth-order valence-electron chi connectivity index (χ4n) is 2.54. The third kappa shape index (κ3) is 4.78. The molecular formula is C16H23ClFNS2. The Morgan fingerprint density at radius 3 is 2.76 bits per heavy atom.